The van der Waals surface area contributed by atoms with E-state index in [1.54, 1.807) is 0 Å². The van der Waals surface area contributed by atoms with Crippen molar-refractivity contribution < 1.29 is 4.79 Å². The van der Waals surface area contributed by atoms with Crippen LogP contribution in [0, 0.1) is 0 Å². The zero-order valence-corrected chi connectivity index (χ0v) is 9.22. The Labute approximate surface area is 86.7 Å². The molecule has 0 bridgehead atoms. The van der Waals surface area contributed by atoms with Gasteiger partial charge < -0.3 is 4.90 Å². The summed E-state index contributed by atoms with van der Waals surface area (Å²) in [5, 5.41) is 0. The fourth-order valence-electron chi connectivity index (χ4n) is 3.23. The minimum atomic E-state index is 0.312. The number of carbonyl (C=O) groups excluding carboxylic acids is 1. The molecule has 0 aromatic heterocycles. The third kappa shape index (κ3) is 1.55. The van der Waals surface area contributed by atoms with Crippen molar-refractivity contribution in [3.8, 4) is 0 Å². The highest BCUT2D eigenvalue weighted by atomic mass is 16.2. The summed E-state index contributed by atoms with van der Waals surface area (Å²) in [6, 6.07) is 0. The summed E-state index contributed by atoms with van der Waals surface area (Å²) < 4.78 is 0. The van der Waals surface area contributed by atoms with Crippen molar-refractivity contribution in [2.75, 3.05) is 6.54 Å². The minimum Gasteiger partial charge on any atom is -0.337 e. The van der Waals surface area contributed by atoms with Crippen LogP contribution in [0.15, 0.2) is 0 Å². The molecule has 0 unspecified atom stereocenters. The lowest BCUT2D eigenvalue weighted by Gasteiger charge is -2.35. The van der Waals surface area contributed by atoms with E-state index in [9.17, 15) is 4.79 Å². The molecule has 0 atom stereocenters. The van der Waals surface area contributed by atoms with Gasteiger partial charge >= 0.3 is 0 Å². The SMILES string of the molecule is CCCC(=O)N1CCCC12CCCC2. The van der Waals surface area contributed by atoms with Gasteiger partial charge in [-0.1, -0.05) is 19.8 Å². The van der Waals surface area contributed by atoms with Gasteiger partial charge in [0, 0.05) is 18.5 Å². The normalized spacial score (nSPS) is 24.8. The van der Waals surface area contributed by atoms with Crippen LogP contribution in [0.4, 0.5) is 0 Å². The molecule has 1 saturated heterocycles. The fourth-order valence-corrected chi connectivity index (χ4v) is 3.23. The molecule has 1 heterocycles. The molecular formula is C12H21NO. The van der Waals surface area contributed by atoms with Crippen molar-refractivity contribution in [2.45, 2.75) is 63.8 Å². The van der Waals surface area contributed by atoms with E-state index >= 15 is 0 Å². The van der Waals surface area contributed by atoms with Crippen molar-refractivity contribution >= 4 is 5.91 Å². The molecule has 2 nitrogen and oxygen atoms in total. The van der Waals surface area contributed by atoms with Crippen LogP contribution in [-0.2, 0) is 4.79 Å². The average molecular weight is 195 g/mol. The maximum absolute atomic E-state index is 11.9. The molecule has 2 aliphatic rings. The smallest absolute Gasteiger partial charge is 0.223 e. The Kier molecular flexibility index (Phi) is 2.80. The van der Waals surface area contributed by atoms with E-state index in [-0.39, 0.29) is 0 Å². The van der Waals surface area contributed by atoms with Crippen LogP contribution in [0.5, 0.6) is 0 Å². The molecule has 2 heteroatoms. The van der Waals surface area contributed by atoms with E-state index in [1.807, 2.05) is 0 Å². The summed E-state index contributed by atoms with van der Waals surface area (Å²) in [7, 11) is 0. The van der Waals surface area contributed by atoms with Gasteiger partial charge in [0.05, 0.1) is 0 Å². The van der Waals surface area contributed by atoms with Gasteiger partial charge in [-0.3, -0.25) is 4.79 Å². The first-order chi connectivity index (χ1) is 6.78. The molecule has 2 rings (SSSR count). The minimum absolute atomic E-state index is 0.312. The van der Waals surface area contributed by atoms with Crippen molar-refractivity contribution in [3.05, 3.63) is 0 Å². The second-order valence-corrected chi connectivity index (χ2v) is 4.83. The van der Waals surface area contributed by atoms with E-state index in [4.69, 9.17) is 0 Å². The Balaban J connectivity index is 2.06. The second kappa shape index (κ2) is 3.92. The topological polar surface area (TPSA) is 20.3 Å². The molecule has 0 aromatic carbocycles. The molecule has 1 spiro atoms. The van der Waals surface area contributed by atoms with Crippen molar-refractivity contribution in [1.82, 2.24) is 4.90 Å². The standard InChI is InChI=1S/C12H21NO/c1-2-6-11(14)13-10-5-9-12(13)7-3-4-8-12/h2-10H2,1H3. The number of likely N-dealkylation sites (tertiary alicyclic amines) is 1. The van der Waals surface area contributed by atoms with Crippen LogP contribution in [0.1, 0.15) is 58.3 Å². The maximum Gasteiger partial charge on any atom is 0.223 e. The van der Waals surface area contributed by atoms with Gasteiger partial charge in [0.1, 0.15) is 0 Å². The highest BCUT2D eigenvalue weighted by Crippen LogP contribution is 2.43. The molecular weight excluding hydrogens is 174 g/mol. The number of amides is 1. The number of hydrogen-bond acceptors (Lipinski definition) is 1. The van der Waals surface area contributed by atoms with E-state index in [2.05, 4.69) is 11.8 Å². The quantitative estimate of drug-likeness (QED) is 0.663. The third-order valence-electron chi connectivity index (χ3n) is 3.90. The highest BCUT2D eigenvalue weighted by molar-refractivity contribution is 5.77. The molecule has 0 N–H and O–H groups in total. The first kappa shape index (κ1) is 10.0. The van der Waals surface area contributed by atoms with Crippen LogP contribution < -0.4 is 0 Å². The first-order valence-corrected chi connectivity index (χ1v) is 6.09. The maximum atomic E-state index is 11.9. The molecule has 0 aromatic rings. The van der Waals surface area contributed by atoms with Crippen LogP contribution in [-0.4, -0.2) is 22.9 Å². The fraction of sp³-hybridized carbons (Fsp3) is 0.917. The second-order valence-electron chi connectivity index (χ2n) is 4.83. The number of rotatable bonds is 2. The Morgan fingerprint density at radius 3 is 2.50 bits per heavy atom. The summed E-state index contributed by atoms with van der Waals surface area (Å²) in [5.74, 6) is 0.409. The molecule has 0 radical (unpaired) electrons. The highest BCUT2D eigenvalue weighted by Gasteiger charge is 2.44. The van der Waals surface area contributed by atoms with Crippen LogP contribution in [0.3, 0.4) is 0 Å². The number of carbonyl (C=O) groups is 1. The van der Waals surface area contributed by atoms with Crippen molar-refractivity contribution in [2.24, 2.45) is 0 Å². The van der Waals surface area contributed by atoms with Gasteiger partial charge in [-0.25, -0.2) is 0 Å². The van der Waals surface area contributed by atoms with Gasteiger partial charge in [-0.15, -0.1) is 0 Å². The Morgan fingerprint density at radius 1 is 1.21 bits per heavy atom. The Hall–Kier alpha value is -0.530. The van der Waals surface area contributed by atoms with E-state index in [1.165, 1.54) is 38.5 Å². The zero-order valence-electron chi connectivity index (χ0n) is 9.22. The lowest BCUT2D eigenvalue weighted by molar-refractivity contribution is -0.135. The number of hydrogen-bond donors (Lipinski definition) is 0. The lowest BCUT2D eigenvalue weighted by atomic mass is 9.94. The largest absolute Gasteiger partial charge is 0.337 e. The van der Waals surface area contributed by atoms with E-state index in [0.717, 1.165) is 19.4 Å². The molecule has 1 saturated carbocycles. The monoisotopic (exact) mass is 195 g/mol. The predicted molar refractivity (Wildman–Crippen MR) is 57.1 cm³/mol. The summed E-state index contributed by atoms with van der Waals surface area (Å²) in [4.78, 5) is 14.1. The first-order valence-electron chi connectivity index (χ1n) is 6.09. The summed E-state index contributed by atoms with van der Waals surface area (Å²) in [6.45, 7) is 3.12. The summed E-state index contributed by atoms with van der Waals surface area (Å²) in [5.41, 5.74) is 0.312. The van der Waals surface area contributed by atoms with Gasteiger partial charge in [-0.05, 0) is 32.1 Å². The van der Waals surface area contributed by atoms with Crippen LogP contribution in [0.25, 0.3) is 0 Å². The summed E-state index contributed by atoms with van der Waals surface area (Å²) in [6.07, 6.45) is 9.43. The zero-order chi connectivity index (χ0) is 10.0. The molecule has 2 fully saturated rings. The van der Waals surface area contributed by atoms with E-state index in [0.29, 0.717) is 11.4 Å². The van der Waals surface area contributed by atoms with Crippen LogP contribution >= 0.6 is 0 Å². The summed E-state index contributed by atoms with van der Waals surface area (Å²) >= 11 is 0. The number of nitrogens with zero attached hydrogens (tertiary/aromatic N) is 1. The third-order valence-corrected chi connectivity index (χ3v) is 3.90. The van der Waals surface area contributed by atoms with Gasteiger partial charge in [0.15, 0.2) is 0 Å². The Bertz CT molecular complexity index is 213. The predicted octanol–water partition coefficient (Wildman–Crippen LogP) is 2.72. The van der Waals surface area contributed by atoms with Crippen molar-refractivity contribution in [3.63, 3.8) is 0 Å². The van der Waals surface area contributed by atoms with Gasteiger partial charge in [0.2, 0.25) is 5.91 Å². The van der Waals surface area contributed by atoms with Crippen LogP contribution in [0.2, 0.25) is 0 Å². The van der Waals surface area contributed by atoms with Gasteiger partial charge in [0.25, 0.3) is 0 Å². The molecule has 1 aliphatic heterocycles. The molecule has 1 aliphatic carbocycles. The van der Waals surface area contributed by atoms with Crippen molar-refractivity contribution in [1.29, 1.82) is 0 Å². The Morgan fingerprint density at radius 2 is 1.86 bits per heavy atom. The lowest BCUT2D eigenvalue weighted by Crippen LogP contribution is -2.45. The van der Waals surface area contributed by atoms with Gasteiger partial charge in [-0.2, -0.15) is 0 Å². The average Bonchev–Trinajstić information content (AvgIpc) is 2.78. The molecule has 1 amide bonds. The molecule has 80 valence electrons. The molecule has 14 heavy (non-hydrogen) atoms. The van der Waals surface area contributed by atoms with E-state index < -0.39 is 0 Å².